The first kappa shape index (κ1) is 9.19. The van der Waals surface area contributed by atoms with Gasteiger partial charge >= 0.3 is 0 Å². The van der Waals surface area contributed by atoms with Crippen molar-refractivity contribution in [1.29, 1.82) is 0 Å². The van der Waals surface area contributed by atoms with Gasteiger partial charge in [-0.2, -0.15) is 0 Å². The van der Waals surface area contributed by atoms with Gasteiger partial charge in [0.05, 0.1) is 4.47 Å². The van der Waals surface area contributed by atoms with Crippen LogP contribution in [-0.4, -0.2) is 6.29 Å². The second-order valence-corrected chi connectivity index (χ2v) is 5.01. The van der Waals surface area contributed by atoms with Crippen LogP contribution in [0.4, 0.5) is 0 Å². The van der Waals surface area contributed by atoms with Crippen LogP contribution in [0.5, 0.6) is 0 Å². The van der Waals surface area contributed by atoms with Crippen LogP contribution in [0.3, 0.4) is 0 Å². The fraction of sp³-hybridized carbons (Fsp3) is 0. The summed E-state index contributed by atoms with van der Waals surface area (Å²) in [5, 5.41) is 1.06. The molecule has 0 radical (unpaired) electrons. The molecule has 0 amide bonds. The van der Waals surface area contributed by atoms with E-state index in [2.05, 4.69) is 15.9 Å². The van der Waals surface area contributed by atoms with Crippen molar-refractivity contribution >= 4 is 55.2 Å². The van der Waals surface area contributed by atoms with Crippen molar-refractivity contribution in [2.24, 2.45) is 0 Å². The Labute approximate surface area is 92.5 Å². The summed E-state index contributed by atoms with van der Waals surface area (Å²) in [5.74, 6) is 0. The molecule has 2 aromatic rings. The minimum atomic E-state index is 0.679. The molecule has 0 fully saturated rings. The first-order chi connectivity index (χ1) is 6.22. The maximum atomic E-state index is 10.5. The minimum Gasteiger partial charge on any atom is -0.298 e. The summed E-state index contributed by atoms with van der Waals surface area (Å²) in [4.78, 5) is 10.5. The van der Waals surface area contributed by atoms with Crippen LogP contribution in [0.2, 0.25) is 4.34 Å². The molecule has 0 bridgehead atoms. The van der Waals surface area contributed by atoms with E-state index in [1.54, 1.807) is 6.07 Å². The summed E-state index contributed by atoms with van der Waals surface area (Å²) in [5.41, 5.74) is 0.679. The molecule has 13 heavy (non-hydrogen) atoms. The zero-order chi connectivity index (χ0) is 9.42. The molecule has 0 spiro atoms. The molecule has 0 atom stereocenters. The monoisotopic (exact) mass is 274 g/mol. The minimum absolute atomic E-state index is 0.679. The molecular formula is C9H4BrClOS. The van der Waals surface area contributed by atoms with Crippen LogP contribution in [0.15, 0.2) is 22.7 Å². The lowest BCUT2D eigenvalue weighted by Gasteiger charge is -1.91. The maximum Gasteiger partial charge on any atom is 0.150 e. The van der Waals surface area contributed by atoms with Crippen molar-refractivity contribution in [3.63, 3.8) is 0 Å². The average molecular weight is 276 g/mol. The Bertz CT molecular complexity index is 478. The van der Waals surface area contributed by atoms with E-state index >= 15 is 0 Å². The average Bonchev–Trinajstić information content (AvgIpc) is 2.42. The van der Waals surface area contributed by atoms with E-state index in [0.29, 0.717) is 5.56 Å². The number of hydrogen-bond acceptors (Lipinski definition) is 2. The van der Waals surface area contributed by atoms with Gasteiger partial charge in [0.2, 0.25) is 0 Å². The Balaban J connectivity index is 2.79. The highest BCUT2D eigenvalue weighted by atomic mass is 79.9. The highest BCUT2D eigenvalue weighted by molar-refractivity contribution is 9.10. The highest BCUT2D eigenvalue weighted by Gasteiger charge is 2.07. The molecule has 0 N–H and O–H groups in total. The first-order valence-corrected chi connectivity index (χ1v) is 5.54. The van der Waals surface area contributed by atoms with E-state index in [1.807, 2.05) is 12.1 Å². The van der Waals surface area contributed by atoms with Crippen LogP contribution in [-0.2, 0) is 0 Å². The van der Waals surface area contributed by atoms with E-state index in [0.717, 1.165) is 25.2 Å². The molecule has 1 heterocycles. The Hall–Kier alpha value is -0.380. The molecular weight excluding hydrogens is 272 g/mol. The zero-order valence-electron chi connectivity index (χ0n) is 6.38. The van der Waals surface area contributed by atoms with Gasteiger partial charge in [-0.25, -0.2) is 0 Å². The van der Waals surface area contributed by atoms with Crippen molar-refractivity contribution in [3.8, 4) is 0 Å². The number of hydrogen-bond donors (Lipinski definition) is 0. The van der Waals surface area contributed by atoms with Crippen molar-refractivity contribution in [3.05, 3.63) is 32.6 Å². The predicted molar refractivity (Wildman–Crippen MR) is 59.9 cm³/mol. The second-order valence-electron chi connectivity index (χ2n) is 2.56. The number of halogens is 2. The summed E-state index contributed by atoms with van der Waals surface area (Å²) in [6.07, 6.45) is 0.834. The molecule has 1 aromatic heterocycles. The molecule has 0 aliphatic heterocycles. The van der Waals surface area contributed by atoms with Crippen LogP contribution in [0, 0.1) is 0 Å². The SMILES string of the molecule is O=Cc1ccc2c(Br)c(Cl)sc2c1. The molecule has 0 aliphatic rings. The number of carbonyl (C=O) groups is 1. The molecule has 0 unspecified atom stereocenters. The smallest absolute Gasteiger partial charge is 0.150 e. The van der Waals surface area contributed by atoms with E-state index in [4.69, 9.17) is 11.6 Å². The van der Waals surface area contributed by atoms with Crippen LogP contribution < -0.4 is 0 Å². The van der Waals surface area contributed by atoms with Gasteiger partial charge in [-0.15, -0.1) is 11.3 Å². The maximum absolute atomic E-state index is 10.5. The Morgan fingerprint density at radius 2 is 2.23 bits per heavy atom. The molecule has 0 saturated carbocycles. The van der Waals surface area contributed by atoms with Crippen molar-refractivity contribution in [1.82, 2.24) is 0 Å². The number of rotatable bonds is 1. The van der Waals surface area contributed by atoms with Crippen LogP contribution >= 0.6 is 38.9 Å². The predicted octanol–water partition coefficient (Wildman–Crippen LogP) is 4.13. The fourth-order valence-electron chi connectivity index (χ4n) is 1.13. The number of fused-ring (bicyclic) bond motifs is 1. The van der Waals surface area contributed by atoms with Gasteiger partial charge in [0.1, 0.15) is 10.6 Å². The first-order valence-electron chi connectivity index (χ1n) is 3.55. The normalized spacial score (nSPS) is 10.6. The van der Waals surface area contributed by atoms with Gasteiger partial charge in [0, 0.05) is 15.6 Å². The van der Waals surface area contributed by atoms with Crippen molar-refractivity contribution < 1.29 is 4.79 Å². The van der Waals surface area contributed by atoms with E-state index in [-0.39, 0.29) is 0 Å². The van der Waals surface area contributed by atoms with Gasteiger partial charge in [0.25, 0.3) is 0 Å². The Morgan fingerprint density at radius 1 is 1.46 bits per heavy atom. The quantitative estimate of drug-likeness (QED) is 0.715. The standard InChI is InChI=1S/C9H4BrClOS/c10-8-6-2-1-5(4-12)3-7(6)13-9(8)11/h1-4H. The number of benzene rings is 1. The molecule has 0 saturated heterocycles. The Morgan fingerprint density at radius 3 is 2.92 bits per heavy atom. The molecule has 4 heteroatoms. The summed E-state index contributed by atoms with van der Waals surface area (Å²) in [6, 6.07) is 5.51. The lowest BCUT2D eigenvalue weighted by atomic mass is 10.2. The summed E-state index contributed by atoms with van der Waals surface area (Å²) >= 11 is 10.8. The van der Waals surface area contributed by atoms with Gasteiger partial charge in [-0.3, -0.25) is 4.79 Å². The summed E-state index contributed by atoms with van der Waals surface area (Å²) < 4.78 is 2.66. The Kier molecular flexibility index (Phi) is 2.41. The van der Waals surface area contributed by atoms with E-state index in [1.165, 1.54) is 11.3 Å². The molecule has 66 valence electrons. The van der Waals surface area contributed by atoms with Gasteiger partial charge in [0.15, 0.2) is 0 Å². The van der Waals surface area contributed by atoms with Crippen molar-refractivity contribution in [2.45, 2.75) is 0 Å². The lowest BCUT2D eigenvalue weighted by molar-refractivity contribution is 0.112. The largest absolute Gasteiger partial charge is 0.298 e. The molecule has 1 nitrogen and oxygen atoms in total. The van der Waals surface area contributed by atoms with E-state index < -0.39 is 0 Å². The molecule has 2 rings (SSSR count). The number of thiophene rings is 1. The second kappa shape index (κ2) is 3.40. The van der Waals surface area contributed by atoms with Crippen LogP contribution in [0.1, 0.15) is 10.4 Å². The van der Waals surface area contributed by atoms with Crippen LogP contribution in [0.25, 0.3) is 10.1 Å². The van der Waals surface area contributed by atoms with Gasteiger partial charge in [-0.05, 0) is 22.0 Å². The number of aldehydes is 1. The summed E-state index contributed by atoms with van der Waals surface area (Å²) in [6.45, 7) is 0. The molecule has 0 aliphatic carbocycles. The zero-order valence-corrected chi connectivity index (χ0v) is 9.54. The molecule has 1 aromatic carbocycles. The third-order valence-electron chi connectivity index (χ3n) is 1.75. The topological polar surface area (TPSA) is 17.1 Å². The fourth-order valence-corrected chi connectivity index (χ4v) is 3.06. The van der Waals surface area contributed by atoms with Gasteiger partial charge in [-0.1, -0.05) is 23.7 Å². The number of carbonyl (C=O) groups excluding carboxylic acids is 1. The third kappa shape index (κ3) is 1.52. The lowest BCUT2D eigenvalue weighted by Crippen LogP contribution is -1.75. The summed E-state index contributed by atoms with van der Waals surface area (Å²) in [7, 11) is 0. The van der Waals surface area contributed by atoms with E-state index in [9.17, 15) is 4.79 Å². The highest BCUT2D eigenvalue weighted by Crippen LogP contribution is 2.39. The van der Waals surface area contributed by atoms with Gasteiger partial charge < -0.3 is 0 Å². The third-order valence-corrected chi connectivity index (χ3v) is 4.43. The van der Waals surface area contributed by atoms with Crippen molar-refractivity contribution in [2.75, 3.05) is 0 Å².